The molecule has 0 amide bonds. The lowest BCUT2D eigenvalue weighted by atomic mass is 10.0. The van der Waals surface area contributed by atoms with Crippen molar-refractivity contribution >= 4 is 5.97 Å². The van der Waals surface area contributed by atoms with Crippen LogP contribution in [-0.2, 0) is 16.0 Å². The van der Waals surface area contributed by atoms with E-state index in [2.05, 4.69) is 0 Å². The highest BCUT2D eigenvalue weighted by atomic mass is 16.6. The fourth-order valence-electron chi connectivity index (χ4n) is 2.00. The number of aliphatic hydroxyl groups excluding tert-OH is 1. The van der Waals surface area contributed by atoms with E-state index >= 15 is 0 Å². The van der Waals surface area contributed by atoms with Crippen molar-refractivity contribution in [3.05, 3.63) is 23.8 Å². The molecule has 2 atom stereocenters. The largest absolute Gasteiger partial charge is 0.486 e. The maximum atomic E-state index is 11.4. The molecule has 0 spiro atoms. The summed E-state index contributed by atoms with van der Waals surface area (Å²) in [7, 11) is 0. The van der Waals surface area contributed by atoms with E-state index in [9.17, 15) is 9.90 Å². The van der Waals surface area contributed by atoms with Gasteiger partial charge in [0.15, 0.2) is 17.6 Å². The Morgan fingerprint density at radius 2 is 2.10 bits per heavy atom. The summed E-state index contributed by atoms with van der Waals surface area (Å²) in [5, 5.41) is 9.76. The third kappa shape index (κ3) is 3.40. The van der Waals surface area contributed by atoms with Crippen molar-refractivity contribution in [1.82, 2.24) is 0 Å². The molecular weight excluding hydrogens is 262 g/mol. The quantitative estimate of drug-likeness (QED) is 0.752. The SMILES string of the molecule is CCOC(=O)C(O)C(N)Cc1ccc2c(c1)OCCO2. The van der Waals surface area contributed by atoms with Crippen molar-refractivity contribution in [2.75, 3.05) is 19.8 Å². The smallest absolute Gasteiger partial charge is 0.336 e. The number of hydrogen-bond acceptors (Lipinski definition) is 6. The Balaban J connectivity index is 2.00. The van der Waals surface area contributed by atoms with Crippen LogP contribution in [0.4, 0.5) is 0 Å². The first-order valence-electron chi connectivity index (χ1n) is 6.60. The third-order valence-electron chi connectivity index (χ3n) is 3.01. The van der Waals surface area contributed by atoms with Gasteiger partial charge in [-0.15, -0.1) is 0 Å². The fourth-order valence-corrected chi connectivity index (χ4v) is 2.00. The number of carbonyl (C=O) groups excluding carboxylic acids is 1. The molecule has 6 heteroatoms. The molecule has 2 unspecified atom stereocenters. The molecule has 0 radical (unpaired) electrons. The van der Waals surface area contributed by atoms with Crippen molar-refractivity contribution in [2.24, 2.45) is 5.73 Å². The minimum absolute atomic E-state index is 0.215. The Morgan fingerprint density at radius 1 is 1.40 bits per heavy atom. The van der Waals surface area contributed by atoms with Gasteiger partial charge in [0.1, 0.15) is 13.2 Å². The number of nitrogens with two attached hydrogens (primary N) is 1. The number of carbonyl (C=O) groups is 1. The Morgan fingerprint density at radius 3 is 2.80 bits per heavy atom. The molecule has 1 heterocycles. The first-order chi connectivity index (χ1) is 9.61. The van der Waals surface area contributed by atoms with Gasteiger partial charge < -0.3 is 25.1 Å². The van der Waals surface area contributed by atoms with Gasteiger partial charge in [0, 0.05) is 6.04 Å². The van der Waals surface area contributed by atoms with Crippen LogP contribution in [0.5, 0.6) is 11.5 Å². The van der Waals surface area contributed by atoms with E-state index in [-0.39, 0.29) is 6.61 Å². The summed E-state index contributed by atoms with van der Waals surface area (Å²) in [6.45, 7) is 2.94. The van der Waals surface area contributed by atoms with Crippen LogP contribution < -0.4 is 15.2 Å². The average molecular weight is 281 g/mol. The van der Waals surface area contributed by atoms with Crippen LogP contribution in [-0.4, -0.2) is 43.0 Å². The van der Waals surface area contributed by atoms with Gasteiger partial charge in [0.25, 0.3) is 0 Å². The van der Waals surface area contributed by atoms with Gasteiger partial charge in [-0.2, -0.15) is 0 Å². The zero-order valence-corrected chi connectivity index (χ0v) is 11.4. The Kier molecular flexibility index (Phi) is 4.81. The van der Waals surface area contributed by atoms with Crippen molar-refractivity contribution in [1.29, 1.82) is 0 Å². The molecule has 0 fully saturated rings. The number of rotatable bonds is 5. The highest BCUT2D eigenvalue weighted by Crippen LogP contribution is 2.31. The predicted octanol–water partition coefficient (Wildman–Crippen LogP) is 0.252. The van der Waals surface area contributed by atoms with Crippen molar-refractivity contribution < 1.29 is 24.1 Å². The average Bonchev–Trinajstić information content (AvgIpc) is 2.46. The van der Waals surface area contributed by atoms with Gasteiger partial charge in [0.2, 0.25) is 0 Å². The zero-order valence-electron chi connectivity index (χ0n) is 11.4. The second kappa shape index (κ2) is 6.58. The number of aliphatic hydroxyl groups is 1. The summed E-state index contributed by atoms with van der Waals surface area (Å²) < 4.78 is 15.6. The molecule has 6 nitrogen and oxygen atoms in total. The lowest BCUT2D eigenvalue weighted by molar-refractivity contribution is -0.154. The van der Waals surface area contributed by atoms with Gasteiger partial charge in [0.05, 0.1) is 6.61 Å². The first-order valence-corrected chi connectivity index (χ1v) is 6.60. The van der Waals surface area contributed by atoms with Crippen molar-refractivity contribution in [3.8, 4) is 11.5 Å². The van der Waals surface area contributed by atoms with Crippen LogP contribution in [0.3, 0.4) is 0 Å². The lowest BCUT2D eigenvalue weighted by Crippen LogP contribution is -2.43. The second-order valence-corrected chi connectivity index (χ2v) is 4.54. The van der Waals surface area contributed by atoms with Gasteiger partial charge >= 0.3 is 5.97 Å². The molecule has 3 N–H and O–H groups in total. The zero-order chi connectivity index (χ0) is 14.5. The van der Waals surface area contributed by atoms with Crippen molar-refractivity contribution in [3.63, 3.8) is 0 Å². The van der Waals surface area contributed by atoms with E-state index in [0.29, 0.717) is 31.1 Å². The molecule has 110 valence electrons. The fraction of sp³-hybridized carbons (Fsp3) is 0.500. The summed E-state index contributed by atoms with van der Waals surface area (Å²) in [5.74, 6) is 0.656. The molecule has 1 aromatic rings. The Hall–Kier alpha value is -1.79. The molecule has 0 bridgehead atoms. The van der Waals surface area contributed by atoms with E-state index in [1.54, 1.807) is 13.0 Å². The molecule has 0 saturated heterocycles. The number of hydrogen-bond donors (Lipinski definition) is 2. The van der Waals surface area contributed by atoms with Crippen molar-refractivity contribution in [2.45, 2.75) is 25.5 Å². The minimum atomic E-state index is -1.33. The maximum absolute atomic E-state index is 11.4. The molecular formula is C14H19NO5. The molecule has 0 aliphatic carbocycles. The highest BCUT2D eigenvalue weighted by molar-refractivity contribution is 5.75. The molecule has 1 aliphatic heterocycles. The number of benzene rings is 1. The Labute approximate surface area is 117 Å². The van der Waals surface area contributed by atoms with Crippen LogP contribution >= 0.6 is 0 Å². The number of ether oxygens (including phenoxy) is 3. The summed E-state index contributed by atoms with van der Waals surface area (Å²) >= 11 is 0. The van der Waals surface area contributed by atoms with Gasteiger partial charge in [-0.3, -0.25) is 0 Å². The second-order valence-electron chi connectivity index (χ2n) is 4.54. The molecule has 0 aromatic heterocycles. The molecule has 20 heavy (non-hydrogen) atoms. The summed E-state index contributed by atoms with van der Waals surface area (Å²) in [4.78, 5) is 11.4. The topological polar surface area (TPSA) is 91.0 Å². The van der Waals surface area contributed by atoms with Gasteiger partial charge in [-0.05, 0) is 31.0 Å². The third-order valence-corrected chi connectivity index (χ3v) is 3.01. The van der Waals surface area contributed by atoms with E-state index in [1.807, 2.05) is 12.1 Å². The molecule has 2 rings (SSSR count). The standard InChI is InChI=1S/C14H19NO5/c1-2-18-14(17)13(16)10(15)7-9-3-4-11-12(8-9)20-6-5-19-11/h3-4,8,10,13,16H,2,5-7,15H2,1H3. The highest BCUT2D eigenvalue weighted by Gasteiger charge is 2.24. The Bertz CT molecular complexity index is 477. The van der Waals surface area contributed by atoms with E-state index in [4.69, 9.17) is 19.9 Å². The molecule has 1 aromatic carbocycles. The van der Waals surface area contributed by atoms with Crippen LogP contribution in [0, 0.1) is 0 Å². The van der Waals surface area contributed by atoms with Gasteiger partial charge in [-0.1, -0.05) is 6.07 Å². The predicted molar refractivity (Wildman–Crippen MR) is 71.8 cm³/mol. The molecule has 0 saturated carbocycles. The number of fused-ring (bicyclic) bond motifs is 1. The minimum Gasteiger partial charge on any atom is -0.486 e. The lowest BCUT2D eigenvalue weighted by Gasteiger charge is -2.21. The monoisotopic (exact) mass is 281 g/mol. The number of esters is 1. The van der Waals surface area contributed by atoms with Crippen LogP contribution in [0.1, 0.15) is 12.5 Å². The van der Waals surface area contributed by atoms with E-state index < -0.39 is 18.1 Å². The van der Waals surface area contributed by atoms with Crippen LogP contribution in [0.2, 0.25) is 0 Å². The summed E-state index contributed by atoms with van der Waals surface area (Å²) in [5.41, 5.74) is 6.70. The summed E-state index contributed by atoms with van der Waals surface area (Å²) in [6, 6.07) is 4.72. The summed E-state index contributed by atoms with van der Waals surface area (Å²) in [6.07, 6.45) is -0.987. The maximum Gasteiger partial charge on any atom is 0.336 e. The van der Waals surface area contributed by atoms with E-state index in [0.717, 1.165) is 5.56 Å². The van der Waals surface area contributed by atoms with E-state index in [1.165, 1.54) is 0 Å². The molecule has 1 aliphatic rings. The van der Waals surface area contributed by atoms with Gasteiger partial charge in [-0.25, -0.2) is 4.79 Å². The normalized spacial score (nSPS) is 16.4. The first kappa shape index (κ1) is 14.6. The van der Waals surface area contributed by atoms with Crippen LogP contribution in [0.15, 0.2) is 18.2 Å². The van der Waals surface area contributed by atoms with Crippen LogP contribution in [0.25, 0.3) is 0 Å².